The molecule has 1 aliphatic carbocycles. The molecule has 4 heteroatoms. The molecule has 1 fully saturated rings. The molecule has 1 aromatic rings. The monoisotopic (exact) mass is 261 g/mol. The molecule has 1 aromatic heterocycles. The number of hydrogen-bond donors (Lipinski definition) is 2. The first-order valence-corrected chi connectivity index (χ1v) is 7.08. The van der Waals surface area contributed by atoms with Crippen LogP contribution in [0, 0.1) is 0 Å². The van der Waals surface area contributed by atoms with E-state index in [1.54, 1.807) is 13.1 Å². The van der Waals surface area contributed by atoms with E-state index in [0.29, 0.717) is 18.1 Å². The van der Waals surface area contributed by atoms with Gasteiger partial charge in [0, 0.05) is 37.4 Å². The van der Waals surface area contributed by atoms with Crippen molar-refractivity contribution in [1.29, 1.82) is 0 Å². The molecule has 19 heavy (non-hydrogen) atoms. The average Bonchev–Trinajstić information content (AvgIpc) is 2.41. The van der Waals surface area contributed by atoms with Crippen LogP contribution in [0.1, 0.15) is 51.1 Å². The van der Waals surface area contributed by atoms with Crippen LogP contribution in [0.5, 0.6) is 0 Å². The molecule has 1 aliphatic rings. The molecule has 0 aromatic carbocycles. The van der Waals surface area contributed by atoms with E-state index >= 15 is 0 Å². The highest BCUT2D eigenvalue weighted by molar-refractivity contribution is 5.73. The van der Waals surface area contributed by atoms with Gasteiger partial charge in [0.1, 0.15) is 0 Å². The van der Waals surface area contributed by atoms with Crippen molar-refractivity contribution < 1.29 is 4.79 Å². The summed E-state index contributed by atoms with van der Waals surface area (Å²) in [6, 6.07) is 5.31. The lowest BCUT2D eigenvalue weighted by atomic mass is 9.90. The average molecular weight is 261 g/mol. The Hall–Kier alpha value is -1.42. The van der Waals surface area contributed by atoms with Gasteiger partial charge in [-0.1, -0.05) is 6.07 Å². The Morgan fingerprint density at radius 3 is 2.58 bits per heavy atom. The Balaban J connectivity index is 1.78. The normalized spacial score (nSPS) is 24.7. The van der Waals surface area contributed by atoms with Gasteiger partial charge in [0.25, 0.3) is 0 Å². The maximum absolute atomic E-state index is 11.0. The minimum atomic E-state index is 0.0835. The summed E-state index contributed by atoms with van der Waals surface area (Å²) in [4.78, 5) is 15.2. The van der Waals surface area contributed by atoms with Gasteiger partial charge in [-0.05, 0) is 44.2 Å². The van der Waals surface area contributed by atoms with Crippen molar-refractivity contribution in [2.75, 3.05) is 0 Å². The van der Waals surface area contributed by atoms with Crippen LogP contribution in [0.15, 0.2) is 24.5 Å². The number of nitrogens with one attached hydrogen (secondary N) is 2. The number of aromatic nitrogens is 1. The summed E-state index contributed by atoms with van der Waals surface area (Å²) < 4.78 is 0. The van der Waals surface area contributed by atoms with Gasteiger partial charge < -0.3 is 10.6 Å². The largest absolute Gasteiger partial charge is 0.354 e. The third-order valence-electron chi connectivity index (χ3n) is 3.80. The molecule has 104 valence electrons. The van der Waals surface area contributed by atoms with Gasteiger partial charge in [-0.3, -0.25) is 9.78 Å². The van der Waals surface area contributed by atoms with E-state index in [0.717, 1.165) is 25.7 Å². The van der Waals surface area contributed by atoms with Crippen molar-refractivity contribution in [1.82, 2.24) is 15.6 Å². The molecule has 1 saturated carbocycles. The van der Waals surface area contributed by atoms with E-state index in [9.17, 15) is 4.79 Å². The Morgan fingerprint density at radius 2 is 2.00 bits per heavy atom. The van der Waals surface area contributed by atoms with Crippen LogP contribution in [0.25, 0.3) is 0 Å². The first kappa shape index (κ1) is 14.0. The molecule has 2 N–H and O–H groups in total. The third kappa shape index (κ3) is 4.31. The molecule has 0 saturated heterocycles. The topological polar surface area (TPSA) is 54.0 Å². The van der Waals surface area contributed by atoms with E-state index in [4.69, 9.17) is 0 Å². The quantitative estimate of drug-likeness (QED) is 0.873. The molecule has 0 aliphatic heterocycles. The molecule has 4 nitrogen and oxygen atoms in total. The Morgan fingerprint density at radius 1 is 1.32 bits per heavy atom. The van der Waals surface area contributed by atoms with E-state index < -0.39 is 0 Å². The number of pyridine rings is 1. The van der Waals surface area contributed by atoms with E-state index in [1.807, 2.05) is 12.3 Å². The van der Waals surface area contributed by atoms with Crippen LogP contribution in [0.2, 0.25) is 0 Å². The summed E-state index contributed by atoms with van der Waals surface area (Å²) in [5, 5.41) is 6.67. The minimum Gasteiger partial charge on any atom is -0.354 e. The predicted molar refractivity (Wildman–Crippen MR) is 75.6 cm³/mol. The molecule has 1 atom stereocenters. The zero-order valence-electron chi connectivity index (χ0n) is 11.7. The summed E-state index contributed by atoms with van der Waals surface area (Å²) in [5.74, 6) is 0.0835. The second-order valence-corrected chi connectivity index (χ2v) is 5.42. The van der Waals surface area contributed by atoms with Gasteiger partial charge in [-0.15, -0.1) is 0 Å². The SMILES string of the molecule is CC(=O)NC1CCC(NC(C)c2cccnc2)CC1. The Kier molecular flexibility index (Phi) is 4.91. The van der Waals surface area contributed by atoms with Crippen LogP contribution in [-0.4, -0.2) is 23.0 Å². The van der Waals surface area contributed by atoms with Crippen molar-refractivity contribution in [3.05, 3.63) is 30.1 Å². The summed E-state index contributed by atoms with van der Waals surface area (Å²) in [7, 11) is 0. The number of carbonyl (C=O) groups is 1. The fourth-order valence-electron chi connectivity index (χ4n) is 2.77. The highest BCUT2D eigenvalue weighted by atomic mass is 16.1. The highest BCUT2D eigenvalue weighted by Crippen LogP contribution is 2.21. The second-order valence-electron chi connectivity index (χ2n) is 5.42. The highest BCUT2D eigenvalue weighted by Gasteiger charge is 2.22. The molecule has 1 heterocycles. The zero-order valence-corrected chi connectivity index (χ0v) is 11.7. The molecular weight excluding hydrogens is 238 g/mol. The first-order chi connectivity index (χ1) is 9.15. The summed E-state index contributed by atoms with van der Waals surface area (Å²) in [6.07, 6.45) is 8.09. The van der Waals surface area contributed by atoms with Crippen LogP contribution in [0.4, 0.5) is 0 Å². The van der Waals surface area contributed by atoms with Crippen LogP contribution >= 0.6 is 0 Å². The van der Waals surface area contributed by atoms with Crippen LogP contribution in [-0.2, 0) is 4.79 Å². The summed E-state index contributed by atoms with van der Waals surface area (Å²) in [6.45, 7) is 3.77. The Bertz CT molecular complexity index is 399. The van der Waals surface area contributed by atoms with Gasteiger partial charge in [0.2, 0.25) is 5.91 Å². The number of amides is 1. The van der Waals surface area contributed by atoms with Crippen molar-refractivity contribution in [3.8, 4) is 0 Å². The number of carbonyl (C=O) groups excluding carboxylic acids is 1. The second kappa shape index (κ2) is 6.66. The number of rotatable bonds is 4. The lowest BCUT2D eigenvalue weighted by Gasteiger charge is -2.31. The van der Waals surface area contributed by atoms with Gasteiger partial charge in [-0.25, -0.2) is 0 Å². The summed E-state index contributed by atoms with van der Waals surface area (Å²) >= 11 is 0. The van der Waals surface area contributed by atoms with Crippen LogP contribution < -0.4 is 10.6 Å². The molecular formula is C15H23N3O. The maximum Gasteiger partial charge on any atom is 0.217 e. The van der Waals surface area contributed by atoms with Gasteiger partial charge >= 0.3 is 0 Å². The predicted octanol–water partition coefficient (Wildman–Crippen LogP) is 2.18. The molecule has 1 amide bonds. The van der Waals surface area contributed by atoms with Crippen LogP contribution in [0.3, 0.4) is 0 Å². The van der Waals surface area contributed by atoms with Gasteiger partial charge in [0.05, 0.1) is 0 Å². The van der Waals surface area contributed by atoms with Crippen molar-refractivity contribution in [2.45, 2.75) is 57.7 Å². The van der Waals surface area contributed by atoms with Crippen molar-refractivity contribution >= 4 is 5.91 Å². The lowest BCUT2D eigenvalue weighted by Crippen LogP contribution is -2.42. The first-order valence-electron chi connectivity index (χ1n) is 7.08. The molecule has 2 rings (SSSR count). The van der Waals surface area contributed by atoms with Gasteiger partial charge in [-0.2, -0.15) is 0 Å². The number of nitrogens with zero attached hydrogens (tertiary/aromatic N) is 1. The molecule has 0 bridgehead atoms. The van der Waals surface area contributed by atoms with Crippen molar-refractivity contribution in [3.63, 3.8) is 0 Å². The van der Waals surface area contributed by atoms with E-state index in [2.05, 4.69) is 28.6 Å². The van der Waals surface area contributed by atoms with Crippen molar-refractivity contribution in [2.24, 2.45) is 0 Å². The molecule has 0 radical (unpaired) electrons. The zero-order chi connectivity index (χ0) is 13.7. The van der Waals surface area contributed by atoms with Gasteiger partial charge in [0.15, 0.2) is 0 Å². The fourth-order valence-corrected chi connectivity index (χ4v) is 2.77. The Labute approximate surface area is 115 Å². The molecule has 1 unspecified atom stereocenters. The maximum atomic E-state index is 11.0. The lowest BCUT2D eigenvalue weighted by molar-refractivity contribution is -0.119. The number of hydrogen-bond acceptors (Lipinski definition) is 3. The fraction of sp³-hybridized carbons (Fsp3) is 0.600. The third-order valence-corrected chi connectivity index (χ3v) is 3.80. The summed E-state index contributed by atoms with van der Waals surface area (Å²) in [5.41, 5.74) is 1.23. The molecule has 0 spiro atoms. The van der Waals surface area contributed by atoms with E-state index in [1.165, 1.54) is 5.56 Å². The van der Waals surface area contributed by atoms with E-state index in [-0.39, 0.29) is 5.91 Å². The standard InChI is InChI=1S/C15H23N3O/c1-11(13-4-3-9-16-10-13)17-14-5-7-15(8-6-14)18-12(2)19/h3-4,9-11,14-15,17H,5-8H2,1-2H3,(H,18,19). The minimum absolute atomic E-state index is 0.0835. The smallest absolute Gasteiger partial charge is 0.217 e.